The molecule has 0 saturated heterocycles. The van der Waals surface area contributed by atoms with Gasteiger partial charge in [-0.3, -0.25) is 9.52 Å². The lowest BCUT2D eigenvalue weighted by Crippen LogP contribution is -2.30. The van der Waals surface area contributed by atoms with Gasteiger partial charge in [-0.1, -0.05) is 43.5 Å². The minimum Gasteiger partial charge on any atom is -0.492 e. The molecule has 6 nitrogen and oxygen atoms in total. The summed E-state index contributed by atoms with van der Waals surface area (Å²) in [5, 5.41) is 2.41. The predicted molar refractivity (Wildman–Crippen MR) is 111 cm³/mol. The van der Waals surface area contributed by atoms with Crippen molar-refractivity contribution < 1.29 is 17.9 Å². The van der Waals surface area contributed by atoms with Crippen molar-refractivity contribution in [2.45, 2.75) is 44.3 Å². The zero-order chi connectivity index (χ0) is 20.0. The van der Waals surface area contributed by atoms with Gasteiger partial charge in [-0.05, 0) is 44.0 Å². The van der Waals surface area contributed by atoms with Crippen LogP contribution in [-0.2, 0) is 10.0 Å². The second kappa shape index (κ2) is 9.10. The highest BCUT2D eigenvalue weighted by atomic mass is 32.2. The highest BCUT2D eigenvalue weighted by Gasteiger charge is 2.28. The third-order valence-electron chi connectivity index (χ3n) is 4.85. The van der Waals surface area contributed by atoms with E-state index in [-0.39, 0.29) is 5.56 Å². The Bertz CT molecular complexity index is 922. The number of anilines is 2. The van der Waals surface area contributed by atoms with Crippen molar-refractivity contribution in [3.05, 3.63) is 54.1 Å². The Morgan fingerprint density at radius 1 is 1.00 bits per heavy atom. The minimum absolute atomic E-state index is 0.271. The normalized spacial score (nSPS) is 15.0. The number of para-hydroxylation sites is 3. The average Bonchev–Trinajstić information content (AvgIpc) is 2.70. The quantitative estimate of drug-likeness (QED) is 0.718. The fourth-order valence-corrected chi connectivity index (χ4v) is 5.03. The van der Waals surface area contributed by atoms with Crippen LogP contribution in [0.5, 0.6) is 5.75 Å². The summed E-state index contributed by atoms with van der Waals surface area (Å²) in [5.74, 6) is 0.174. The molecule has 3 rings (SSSR count). The number of ether oxygens (including phenoxy) is 1. The molecule has 1 saturated carbocycles. The summed E-state index contributed by atoms with van der Waals surface area (Å²) in [7, 11) is -3.54. The van der Waals surface area contributed by atoms with Crippen LogP contribution in [0.4, 0.5) is 11.4 Å². The van der Waals surface area contributed by atoms with E-state index in [1.807, 2.05) is 13.0 Å². The summed E-state index contributed by atoms with van der Waals surface area (Å²) in [6.07, 6.45) is 4.23. The Kier molecular flexibility index (Phi) is 6.57. The van der Waals surface area contributed by atoms with E-state index < -0.39 is 21.2 Å². The van der Waals surface area contributed by atoms with Gasteiger partial charge in [0.15, 0.2) is 0 Å². The maximum atomic E-state index is 12.9. The van der Waals surface area contributed by atoms with Crippen LogP contribution in [0.3, 0.4) is 0 Å². The third kappa shape index (κ3) is 4.84. The number of carbonyl (C=O) groups excluding carboxylic acids is 1. The number of rotatable bonds is 7. The molecule has 0 spiro atoms. The van der Waals surface area contributed by atoms with E-state index in [0.717, 1.165) is 19.3 Å². The van der Waals surface area contributed by atoms with Crippen molar-refractivity contribution in [2.75, 3.05) is 16.6 Å². The van der Waals surface area contributed by atoms with Gasteiger partial charge in [0.2, 0.25) is 10.0 Å². The van der Waals surface area contributed by atoms with Crippen molar-refractivity contribution in [3.63, 3.8) is 0 Å². The Hall–Kier alpha value is -2.54. The molecule has 0 aliphatic heterocycles. The SMILES string of the molecule is CCOc1ccccc1NC(=O)c1ccccc1NS(=O)(=O)C1CCCCC1. The summed E-state index contributed by atoms with van der Waals surface area (Å²) in [5.41, 5.74) is 1.10. The molecule has 1 amide bonds. The summed E-state index contributed by atoms with van der Waals surface area (Å²) >= 11 is 0. The second-order valence-corrected chi connectivity index (χ2v) is 8.80. The van der Waals surface area contributed by atoms with Crippen LogP contribution < -0.4 is 14.8 Å². The fraction of sp³-hybridized carbons (Fsp3) is 0.381. The van der Waals surface area contributed by atoms with E-state index in [9.17, 15) is 13.2 Å². The van der Waals surface area contributed by atoms with E-state index in [1.54, 1.807) is 42.5 Å². The van der Waals surface area contributed by atoms with E-state index in [0.29, 0.717) is 36.6 Å². The highest BCUT2D eigenvalue weighted by molar-refractivity contribution is 7.93. The first kappa shape index (κ1) is 20.2. The Morgan fingerprint density at radius 2 is 1.64 bits per heavy atom. The maximum Gasteiger partial charge on any atom is 0.257 e. The molecular weight excluding hydrogens is 376 g/mol. The Labute approximate surface area is 166 Å². The Balaban J connectivity index is 1.81. The number of sulfonamides is 1. The van der Waals surface area contributed by atoms with Crippen LogP contribution >= 0.6 is 0 Å². The van der Waals surface area contributed by atoms with Crippen molar-refractivity contribution >= 4 is 27.3 Å². The minimum atomic E-state index is -3.54. The predicted octanol–water partition coefficient (Wildman–Crippen LogP) is 4.41. The molecule has 150 valence electrons. The first-order chi connectivity index (χ1) is 13.5. The second-order valence-electron chi connectivity index (χ2n) is 6.84. The van der Waals surface area contributed by atoms with Crippen LogP contribution in [0, 0.1) is 0 Å². The van der Waals surface area contributed by atoms with E-state index in [1.165, 1.54) is 0 Å². The molecule has 0 aromatic heterocycles. The molecule has 0 atom stereocenters. The van der Waals surface area contributed by atoms with Crippen LogP contribution in [0.1, 0.15) is 49.4 Å². The highest BCUT2D eigenvalue weighted by Crippen LogP contribution is 2.28. The van der Waals surface area contributed by atoms with Gasteiger partial charge in [0.05, 0.1) is 28.8 Å². The van der Waals surface area contributed by atoms with Crippen molar-refractivity contribution in [2.24, 2.45) is 0 Å². The topological polar surface area (TPSA) is 84.5 Å². The molecule has 1 aliphatic rings. The van der Waals surface area contributed by atoms with Gasteiger partial charge in [-0.2, -0.15) is 0 Å². The molecule has 1 fully saturated rings. The summed E-state index contributed by atoms with van der Waals surface area (Å²) in [6, 6.07) is 13.8. The molecule has 1 aliphatic carbocycles. The Morgan fingerprint density at radius 3 is 2.36 bits per heavy atom. The lowest BCUT2D eigenvalue weighted by Gasteiger charge is -2.23. The summed E-state index contributed by atoms with van der Waals surface area (Å²) in [6.45, 7) is 2.35. The maximum absolute atomic E-state index is 12.9. The van der Waals surface area contributed by atoms with Gasteiger partial charge in [0, 0.05) is 0 Å². The lowest BCUT2D eigenvalue weighted by molar-refractivity contribution is 0.102. The number of carbonyl (C=O) groups is 1. The molecule has 28 heavy (non-hydrogen) atoms. The van der Waals surface area contributed by atoms with E-state index >= 15 is 0 Å². The number of nitrogens with one attached hydrogen (secondary N) is 2. The van der Waals surface area contributed by atoms with Crippen LogP contribution in [0.15, 0.2) is 48.5 Å². The van der Waals surface area contributed by atoms with Gasteiger partial charge in [-0.25, -0.2) is 8.42 Å². The smallest absolute Gasteiger partial charge is 0.257 e. The zero-order valence-electron chi connectivity index (χ0n) is 16.0. The van der Waals surface area contributed by atoms with Crippen molar-refractivity contribution in [1.82, 2.24) is 0 Å². The van der Waals surface area contributed by atoms with Crippen LogP contribution in [0.2, 0.25) is 0 Å². The summed E-state index contributed by atoms with van der Waals surface area (Å²) in [4.78, 5) is 12.9. The molecule has 0 heterocycles. The first-order valence-corrected chi connectivity index (χ1v) is 11.2. The number of hydrogen-bond acceptors (Lipinski definition) is 4. The van der Waals surface area contributed by atoms with Crippen molar-refractivity contribution in [1.29, 1.82) is 0 Å². The molecule has 2 aromatic rings. The molecule has 0 radical (unpaired) electrons. The van der Waals surface area contributed by atoms with Crippen LogP contribution in [-0.4, -0.2) is 26.2 Å². The summed E-state index contributed by atoms with van der Waals surface area (Å²) < 4.78 is 33.7. The lowest BCUT2D eigenvalue weighted by atomic mass is 10.0. The molecule has 2 N–H and O–H groups in total. The van der Waals surface area contributed by atoms with Crippen LogP contribution in [0.25, 0.3) is 0 Å². The number of amides is 1. The zero-order valence-corrected chi connectivity index (χ0v) is 16.8. The van der Waals surface area contributed by atoms with Gasteiger partial charge < -0.3 is 10.1 Å². The molecule has 7 heteroatoms. The van der Waals surface area contributed by atoms with Gasteiger partial charge in [0.1, 0.15) is 5.75 Å². The molecule has 0 unspecified atom stereocenters. The first-order valence-electron chi connectivity index (χ1n) is 9.65. The fourth-order valence-electron chi connectivity index (χ4n) is 3.42. The number of benzene rings is 2. The average molecular weight is 403 g/mol. The monoisotopic (exact) mass is 402 g/mol. The van der Waals surface area contributed by atoms with E-state index in [4.69, 9.17) is 4.74 Å². The van der Waals surface area contributed by atoms with Crippen molar-refractivity contribution in [3.8, 4) is 5.75 Å². The van der Waals surface area contributed by atoms with E-state index in [2.05, 4.69) is 10.0 Å². The largest absolute Gasteiger partial charge is 0.492 e. The van der Waals surface area contributed by atoms with Gasteiger partial charge in [0.25, 0.3) is 5.91 Å². The third-order valence-corrected chi connectivity index (χ3v) is 6.70. The molecule has 0 bridgehead atoms. The van der Waals surface area contributed by atoms with Gasteiger partial charge >= 0.3 is 0 Å². The van der Waals surface area contributed by atoms with Gasteiger partial charge in [-0.15, -0.1) is 0 Å². The number of hydrogen-bond donors (Lipinski definition) is 2. The standard InChI is InChI=1S/C21H26N2O4S/c1-2-27-20-15-9-8-14-19(20)22-21(24)17-12-6-7-13-18(17)23-28(25,26)16-10-4-3-5-11-16/h6-9,12-16,23H,2-5,10-11H2,1H3,(H,22,24). The molecular formula is C21H26N2O4S. The molecule has 2 aromatic carbocycles.